The van der Waals surface area contributed by atoms with Crippen molar-refractivity contribution in [3.05, 3.63) is 46.7 Å². The van der Waals surface area contributed by atoms with E-state index in [-0.39, 0.29) is 24.0 Å². The van der Waals surface area contributed by atoms with Gasteiger partial charge in [-0.1, -0.05) is 0 Å². The van der Waals surface area contributed by atoms with Crippen molar-refractivity contribution in [2.45, 2.75) is 31.9 Å². The molecule has 1 unspecified atom stereocenters. The van der Waals surface area contributed by atoms with Crippen LogP contribution in [0.15, 0.2) is 35.8 Å². The third kappa shape index (κ3) is 4.23. The Morgan fingerprint density at radius 1 is 1.38 bits per heavy atom. The lowest BCUT2D eigenvalue weighted by molar-refractivity contribution is 0.110. The van der Waals surface area contributed by atoms with Crippen LogP contribution < -0.4 is 10.1 Å². The number of urea groups is 1. The Hall–Kier alpha value is -2.15. The van der Waals surface area contributed by atoms with E-state index in [4.69, 9.17) is 4.74 Å². The molecule has 2 amide bonds. The number of halogens is 1. The van der Waals surface area contributed by atoms with E-state index in [1.54, 1.807) is 23.2 Å². The van der Waals surface area contributed by atoms with E-state index < -0.39 is 0 Å². The number of likely N-dealkylation sites (tertiary alicyclic amines) is 1. The molecule has 0 bridgehead atoms. The second-order valence-corrected chi connectivity index (χ2v) is 6.73. The molecule has 1 N–H and O–H groups in total. The van der Waals surface area contributed by atoms with Gasteiger partial charge in [-0.3, -0.25) is 0 Å². The molecule has 1 aliphatic rings. The van der Waals surface area contributed by atoms with Crippen LogP contribution in [0.5, 0.6) is 5.75 Å². The van der Waals surface area contributed by atoms with E-state index in [1.807, 2.05) is 12.3 Å². The smallest absolute Gasteiger partial charge is 0.317 e. The number of nitrogens with zero attached hydrogens (tertiary/aromatic N) is 2. The monoisotopic (exact) mass is 349 g/mol. The van der Waals surface area contributed by atoms with Gasteiger partial charge in [0.2, 0.25) is 0 Å². The third-order valence-corrected chi connectivity index (χ3v) is 4.97. The van der Waals surface area contributed by atoms with Crippen LogP contribution in [0.1, 0.15) is 30.8 Å². The van der Waals surface area contributed by atoms with Crippen molar-refractivity contribution in [1.29, 1.82) is 0 Å². The predicted octanol–water partition coefficient (Wildman–Crippen LogP) is 3.60. The van der Waals surface area contributed by atoms with Gasteiger partial charge in [-0.25, -0.2) is 14.2 Å². The van der Waals surface area contributed by atoms with Crippen LogP contribution in [0.3, 0.4) is 0 Å². The summed E-state index contributed by atoms with van der Waals surface area (Å²) in [5.41, 5.74) is 0. The molecule has 1 saturated heterocycles. The number of carbonyl (C=O) groups excluding carboxylic acids is 1. The van der Waals surface area contributed by atoms with Gasteiger partial charge in [0.25, 0.3) is 0 Å². The van der Waals surface area contributed by atoms with Gasteiger partial charge in [0, 0.05) is 37.5 Å². The molecule has 0 aliphatic carbocycles. The van der Waals surface area contributed by atoms with Crippen LogP contribution in [0.25, 0.3) is 0 Å². The lowest BCUT2D eigenvalue weighted by Gasteiger charge is -2.32. The lowest BCUT2D eigenvalue weighted by Crippen LogP contribution is -2.47. The Morgan fingerprint density at radius 3 is 2.71 bits per heavy atom. The highest BCUT2D eigenvalue weighted by molar-refractivity contribution is 7.09. The van der Waals surface area contributed by atoms with Crippen molar-refractivity contribution in [1.82, 2.24) is 15.2 Å². The van der Waals surface area contributed by atoms with Crippen molar-refractivity contribution >= 4 is 17.4 Å². The first-order valence-electron chi connectivity index (χ1n) is 7.99. The molecule has 3 rings (SSSR count). The van der Waals surface area contributed by atoms with Gasteiger partial charge in [-0.2, -0.15) is 0 Å². The minimum Gasteiger partial charge on any atom is -0.490 e. The number of rotatable bonds is 4. The van der Waals surface area contributed by atoms with Crippen molar-refractivity contribution in [2.24, 2.45) is 0 Å². The highest BCUT2D eigenvalue weighted by Crippen LogP contribution is 2.20. The first kappa shape index (κ1) is 16.7. The number of nitrogens with one attached hydrogen (secondary N) is 1. The quantitative estimate of drug-likeness (QED) is 0.918. The zero-order valence-electron chi connectivity index (χ0n) is 13.4. The summed E-state index contributed by atoms with van der Waals surface area (Å²) in [6, 6.07) is 5.87. The van der Waals surface area contributed by atoms with Gasteiger partial charge < -0.3 is 15.0 Å². The van der Waals surface area contributed by atoms with E-state index >= 15 is 0 Å². The Morgan fingerprint density at radius 2 is 2.08 bits per heavy atom. The lowest BCUT2D eigenvalue weighted by atomic mass is 10.1. The molecular weight excluding hydrogens is 329 g/mol. The molecule has 128 valence electrons. The van der Waals surface area contributed by atoms with Crippen molar-refractivity contribution in [3.8, 4) is 5.75 Å². The molecule has 1 aromatic carbocycles. The fraction of sp³-hybridized carbons (Fsp3) is 0.412. The zero-order valence-corrected chi connectivity index (χ0v) is 14.3. The number of aromatic nitrogens is 1. The summed E-state index contributed by atoms with van der Waals surface area (Å²) in [5.74, 6) is 0.389. The summed E-state index contributed by atoms with van der Waals surface area (Å²) >= 11 is 1.53. The number of amides is 2. The van der Waals surface area contributed by atoms with Crippen molar-refractivity contribution in [2.75, 3.05) is 13.1 Å². The first-order valence-corrected chi connectivity index (χ1v) is 8.87. The van der Waals surface area contributed by atoms with Crippen LogP contribution in [0, 0.1) is 5.82 Å². The number of hydrogen-bond donors (Lipinski definition) is 1. The Kier molecular flexibility index (Phi) is 5.30. The topological polar surface area (TPSA) is 54.5 Å². The highest BCUT2D eigenvalue weighted by Gasteiger charge is 2.25. The molecular formula is C17H20FN3O2S. The van der Waals surface area contributed by atoms with Gasteiger partial charge in [0.1, 0.15) is 22.7 Å². The molecule has 1 aliphatic heterocycles. The normalized spacial score (nSPS) is 16.7. The van der Waals surface area contributed by atoms with E-state index in [0.717, 1.165) is 17.8 Å². The molecule has 1 atom stereocenters. The number of thiazole rings is 1. The SMILES string of the molecule is CC(NC(=O)N1CCC(Oc2ccc(F)cc2)CC1)c1nccs1. The Labute approximate surface area is 144 Å². The fourth-order valence-corrected chi connectivity index (χ4v) is 3.31. The maximum atomic E-state index is 12.9. The highest BCUT2D eigenvalue weighted by atomic mass is 32.1. The Balaban J connectivity index is 1.46. The third-order valence-electron chi connectivity index (χ3n) is 4.01. The molecule has 1 aromatic heterocycles. The second-order valence-electron chi connectivity index (χ2n) is 5.80. The van der Waals surface area contributed by atoms with Crippen molar-refractivity contribution in [3.63, 3.8) is 0 Å². The summed E-state index contributed by atoms with van der Waals surface area (Å²) in [6.07, 6.45) is 3.31. The molecule has 2 heterocycles. The van der Waals surface area contributed by atoms with E-state index in [0.29, 0.717) is 18.8 Å². The minimum atomic E-state index is -0.275. The van der Waals surface area contributed by atoms with E-state index in [9.17, 15) is 9.18 Å². The van der Waals surface area contributed by atoms with E-state index in [1.165, 1.54) is 23.5 Å². The fourth-order valence-electron chi connectivity index (χ4n) is 2.67. The molecule has 0 spiro atoms. The van der Waals surface area contributed by atoms with Crippen LogP contribution in [-0.2, 0) is 0 Å². The van der Waals surface area contributed by atoms with Gasteiger partial charge in [0.15, 0.2) is 0 Å². The van der Waals surface area contributed by atoms with Crippen LogP contribution >= 0.6 is 11.3 Å². The molecule has 24 heavy (non-hydrogen) atoms. The van der Waals surface area contributed by atoms with Crippen molar-refractivity contribution < 1.29 is 13.9 Å². The molecule has 7 heteroatoms. The summed E-state index contributed by atoms with van der Waals surface area (Å²) in [4.78, 5) is 18.3. The molecule has 0 radical (unpaired) electrons. The summed E-state index contributed by atoms with van der Waals surface area (Å²) in [6.45, 7) is 3.21. The second kappa shape index (κ2) is 7.61. The molecule has 2 aromatic rings. The largest absolute Gasteiger partial charge is 0.490 e. The number of ether oxygens (including phenoxy) is 1. The summed E-state index contributed by atoms with van der Waals surface area (Å²) < 4.78 is 18.7. The maximum Gasteiger partial charge on any atom is 0.317 e. The van der Waals surface area contributed by atoms with Crippen LogP contribution in [0.4, 0.5) is 9.18 Å². The zero-order chi connectivity index (χ0) is 16.9. The summed E-state index contributed by atoms with van der Waals surface area (Å²) in [5, 5.41) is 5.78. The van der Waals surface area contributed by atoms with Crippen LogP contribution in [0.2, 0.25) is 0 Å². The number of hydrogen-bond acceptors (Lipinski definition) is 4. The van der Waals surface area contributed by atoms with E-state index in [2.05, 4.69) is 10.3 Å². The van der Waals surface area contributed by atoms with Gasteiger partial charge in [0.05, 0.1) is 6.04 Å². The van der Waals surface area contributed by atoms with Gasteiger partial charge >= 0.3 is 6.03 Å². The summed E-state index contributed by atoms with van der Waals surface area (Å²) in [7, 11) is 0. The molecule has 5 nitrogen and oxygen atoms in total. The number of piperidine rings is 1. The Bertz CT molecular complexity index is 655. The van der Waals surface area contributed by atoms with Gasteiger partial charge in [-0.05, 0) is 31.2 Å². The van der Waals surface area contributed by atoms with Gasteiger partial charge in [-0.15, -0.1) is 11.3 Å². The predicted molar refractivity (Wildman–Crippen MR) is 90.7 cm³/mol. The molecule has 0 saturated carbocycles. The number of carbonyl (C=O) groups is 1. The molecule has 1 fully saturated rings. The minimum absolute atomic E-state index is 0.0518. The standard InChI is InChI=1S/C17H20FN3O2S/c1-12(16-19-8-11-24-16)20-17(22)21-9-6-15(7-10-21)23-14-4-2-13(18)3-5-14/h2-5,8,11-12,15H,6-7,9-10H2,1H3,(H,20,22). The van der Waals surface area contributed by atoms with Crippen LogP contribution in [-0.4, -0.2) is 35.1 Å². The average molecular weight is 349 g/mol. The first-order chi connectivity index (χ1) is 11.6. The maximum absolute atomic E-state index is 12.9. The number of benzene rings is 1. The average Bonchev–Trinajstić information content (AvgIpc) is 3.12.